The van der Waals surface area contributed by atoms with Gasteiger partial charge in [-0.15, -0.1) is 0 Å². The molecular formula is C23H34N4O2. The van der Waals surface area contributed by atoms with E-state index in [1.165, 1.54) is 43.2 Å². The first kappa shape index (κ1) is 20.2. The van der Waals surface area contributed by atoms with E-state index in [1.54, 1.807) is 19.4 Å². The lowest BCUT2D eigenvalue weighted by Gasteiger charge is -2.36. The summed E-state index contributed by atoms with van der Waals surface area (Å²) in [6, 6.07) is 1.82. The molecule has 0 bridgehead atoms. The zero-order valence-electron chi connectivity index (χ0n) is 17.8. The van der Waals surface area contributed by atoms with Gasteiger partial charge in [0.15, 0.2) is 0 Å². The number of aromatic nitrogens is 2. The number of aryl methyl sites for hydroxylation is 1. The summed E-state index contributed by atoms with van der Waals surface area (Å²) in [6.07, 6.45) is 12.8. The fourth-order valence-electron chi connectivity index (χ4n) is 5.20. The zero-order chi connectivity index (χ0) is 20.4. The highest BCUT2D eigenvalue weighted by Crippen LogP contribution is 2.27. The number of H-pyrrole nitrogens is 1. The van der Waals surface area contributed by atoms with E-state index in [4.69, 9.17) is 0 Å². The summed E-state index contributed by atoms with van der Waals surface area (Å²) in [7, 11) is 3.59. The molecule has 0 aromatic carbocycles. The van der Waals surface area contributed by atoms with Gasteiger partial charge in [0.05, 0.1) is 5.56 Å². The molecule has 0 atom stereocenters. The summed E-state index contributed by atoms with van der Waals surface area (Å²) in [4.78, 5) is 32.8. The highest BCUT2D eigenvalue weighted by atomic mass is 16.2. The summed E-state index contributed by atoms with van der Waals surface area (Å²) >= 11 is 0. The van der Waals surface area contributed by atoms with Crippen molar-refractivity contribution in [2.45, 2.75) is 44.9 Å². The number of aromatic amines is 1. The number of amides is 1. The van der Waals surface area contributed by atoms with Gasteiger partial charge in [-0.2, -0.15) is 0 Å². The third-order valence-electron chi connectivity index (χ3n) is 6.95. The number of piperidine rings is 1. The first-order valence-corrected chi connectivity index (χ1v) is 11.2. The van der Waals surface area contributed by atoms with E-state index in [0.29, 0.717) is 22.4 Å². The Bertz CT molecular complexity index is 901. The molecule has 1 amide bonds. The molecular weight excluding hydrogens is 364 g/mol. The fraction of sp³-hybridized carbons (Fsp3) is 0.652. The predicted octanol–water partition coefficient (Wildman–Crippen LogP) is 3.23. The molecule has 0 unspecified atom stereocenters. The van der Waals surface area contributed by atoms with Crippen molar-refractivity contribution < 1.29 is 4.79 Å². The molecule has 1 aliphatic heterocycles. The van der Waals surface area contributed by atoms with Crippen LogP contribution in [0.4, 0.5) is 0 Å². The highest BCUT2D eigenvalue weighted by molar-refractivity contribution is 6.05. The smallest absolute Gasteiger partial charge is 0.274 e. The SMILES string of the molecule is CN(CC1CCN(CC2CCCCC2)CC1)C(=O)c1cn(C)c(=O)c2[nH]ccc12. The summed E-state index contributed by atoms with van der Waals surface area (Å²) in [5.41, 5.74) is 0.998. The van der Waals surface area contributed by atoms with Gasteiger partial charge in [0.2, 0.25) is 0 Å². The molecule has 4 rings (SSSR count). The van der Waals surface area contributed by atoms with Crippen molar-refractivity contribution in [1.29, 1.82) is 0 Å². The van der Waals surface area contributed by atoms with Gasteiger partial charge >= 0.3 is 0 Å². The van der Waals surface area contributed by atoms with Gasteiger partial charge in [-0.25, -0.2) is 0 Å². The molecule has 1 saturated carbocycles. The van der Waals surface area contributed by atoms with Crippen LogP contribution >= 0.6 is 0 Å². The number of carbonyl (C=O) groups is 1. The number of hydrogen-bond donors (Lipinski definition) is 1. The van der Waals surface area contributed by atoms with Crippen LogP contribution in [-0.4, -0.2) is 58.5 Å². The minimum Gasteiger partial charge on any atom is -0.357 e. The molecule has 2 aromatic heterocycles. The Labute approximate surface area is 172 Å². The Morgan fingerprint density at radius 3 is 2.59 bits per heavy atom. The fourth-order valence-corrected chi connectivity index (χ4v) is 5.20. The summed E-state index contributed by atoms with van der Waals surface area (Å²) < 4.78 is 1.49. The van der Waals surface area contributed by atoms with E-state index in [2.05, 4.69) is 9.88 Å². The van der Waals surface area contributed by atoms with Gasteiger partial charge in [0, 0.05) is 45.0 Å². The largest absolute Gasteiger partial charge is 0.357 e. The van der Waals surface area contributed by atoms with Crippen molar-refractivity contribution in [3.63, 3.8) is 0 Å². The zero-order valence-corrected chi connectivity index (χ0v) is 17.8. The Balaban J connectivity index is 1.34. The molecule has 3 heterocycles. The number of pyridine rings is 1. The van der Waals surface area contributed by atoms with Crippen LogP contribution in [0, 0.1) is 11.8 Å². The molecule has 1 saturated heterocycles. The van der Waals surface area contributed by atoms with Crippen molar-refractivity contribution in [3.8, 4) is 0 Å². The van der Waals surface area contributed by atoms with Crippen molar-refractivity contribution in [2.75, 3.05) is 33.2 Å². The maximum Gasteiger partial charge on any atom is 0.274 e. The van der Waals surface area contributed by atoms with Crippen LogP contribution in [0.1, 0.15) is 55.3 Å². The van der Waals surface area contributed by atoms with Crippen LogP contribution in [0.25, 0.3) is 10.9 Å². The normalized spacial score (nSPS) is 19.7. The molecule has 2 fully saturated rings. The van der Waals surface area contributed by atoms with Crippen molar-refractivity contribution in [2.24, 2.45) is 18.9 Å². The van der Waals surface area contributed by atoms with Gasteiger partial charge in [-0.05, 0) is 56.7 Å². The van der Waals surface area contributed by atoms with Crippen LogP contribution in [0.3, 0.4) is 0 Å². The van der Waals surface area contributed by atoms with E-state index < -0.39 is 0 Å². The monoisotopic (exact) mass is 398 g/mol. The van der Waals surface area contributed by atoms with E-state index in [0.717, 1.165) is 38.4 Å². The molecule has 1 aliphatic carbocycles. The average Bonchev–Trinajstić information content (AvgIpc) is 3.22. The van der Waals surface area contributed by atoms with E-state index in [1.807, 2.05) is 18.0 Å². The second-order valence-electron chi connectivity index (χ2n) is 9.16. The van der Waals surface area contributed by atoms with Crippen molar-refractivity contribution in [3.05, 3.63) is 34.4 Å². The lowest BCUT2D eigenvalue weighted by Crippen LogP contribution is -2.41. The third-order valence-corrected chi connectivity index (χ3v) is 6.95. The third kappa shape index (κ3) is 4.42. The molecule has 29 heavy (non-hydrogen) atoms. The maximum atomic E-state index is 13.1. The lowest BCUT2D eigenvalue weighted by molar-refractivity contribution is 0.0731. The second-order valence-corrected chi connectivity index (χ2v) is 9.16. The van der Waals surface area contributed by atoms with Gasteiger partial charge in [0.25, 0.3) is 11.5 Å². The molecule has 158 valence electrons. The standard InChI is InChI=1S/C23H34N4O2/c1-25(22(28)20-16-26(2)23(29)21-19(20)8-11-24-21)14-18-9-12-27(13-10-18)15-17-6-4-3-5-7-17/h8,11,16-18,24H,3-7,9-10,12-15H2,1-2H3. The Morgan fingerprint density at radius 1 is 1.14 bits per heavy atom. The van der Waals surface area contributed by atoms with E-state index in [9.17, 15) is 9.59 Å². The number of fused-ring (bicyclic) bond motifs is 1. The second kappa shape index (κ2) is 8.74. The molecule has 1 N–H and O–H groups in total. The molecule has 6 heteroatoms. The van der Waals surface area contributed by atoms with Crippen LogP contribution in [0.2, 0.25) is 0 Å². The molecule has 0 spiro atoms. The number of rotatable bonds is 5. The number of hydrogen-bond acceptors (Lipinski definition) is 3. The Hall–Kier alpha value is -2.08. The molecule has 6 nitrogen and oxygen atoms in total. The number of carbonyl (C=O) groups excluding carboxylic acids is 1. The lowest BCUT2D eigenvalue weighted by atomic mass is 9.88. The van der Waals surface area contributed by atoms with Crippen LogP contribution < -0.4 is 5.56 Å². The topological polar surface area (TPSA) is 61.3 Å². The van der Waals surface area contributed by atoms with Crippen LogP contribution in [0.5, 0.6) is 0 Å². The number of likely N-dealkylation sites (tertiary alicyclic amines) is 1. The molecule has 2 aromatic rings. The van der Waals surface area contributed by atoms with Gasteiger partial charge in [-0.1, -0.05) is 19.3 Å². The predicted molar refractivity (Wildman–Crippen MR) is 116 cm³/mol. The Kier molecular flexibility index (Phi) is 6.09. The van der Waals surface area contributed by atoms with Crippen molar-refractivity contribution >= 4 is 16.8 Å². The van der Waals surface area contributed by atoms with Gasteiger partial charge in [-0.3, -0.25) is 9.59 Å². The summed E-state index contributed by atoms with van der Waals surface area (Å²) in [6.45, 7) is 4.37. The minimum absolute atomic E-state index is 0.00478. The number of nitrogens with zero attached hydrogens (tertiary/aromatic N) is 3. The maximum absolute atomic E-state index is 13.1. The van der Waals surface area contributed by atoms with E-state index in [-0.39, 0.29) is 11.5 Å². The highest BCUT2D eigenvalue weighted by Gasteiger charge is 2.25. The van der Waals surface area contributed by atoms with Crippen molar-refractivity contribution in [1.82, 2.24) is 19.4 Å². The van der Waals surface area contributed by atoms with Gasteiger partial charge in [0.1, 0.15) is 5.52 Å². The first-order chi connectivity index (χ1) is 14.0. The number of nitrogens with one attached hydrogen (secondary N) is 1. The molecule has 0 radical (unpaired) electrons. The average molecular weight is 399 g/mol. The summed E-state index contributed by atoms with van der Waals surface area (Å²) in [5, 5.41) is 0.715. The first-order valence-electron chi connectivity index (χ1n) is 11.2. The summed E-state index contributed by atoms with van der Waals surface area (Å²) in [5.74, 6) is 1.45. The minimum atomic E-state index is -0.102. The van der Waals surface area contributed by atoms with Crippen LogP contribution in [0.15, 0.2) is 23.3 Å². The Morgan fingerprint density at radius 2 is 1.86 bits per heavy atom. The molecule has 2 aliphatic rings. The quantitative estimate of drug-likeness (QED) is 0.841. The van der Waals surface area contributed by atoms with E-state index >= 15 is 0 Å². The van der Waals surface area contributed by atoms with Crippen LogP contribution in [-0.2, 0) is 7.05 Å². The van der Waals surface area contributed by atoms with Gasteiger partial charge < -0.3 is 19.4 Å².